The van der Waals surface area contributed by atoms with Crippen molar-refractivity contribution in [1.82, 2.24) is 15.0 Å². The minimum absolute atomic E-state index is 0.948. The van der Waals surface area contributed by atoms with Gasteiger partial charge in [-0.1, -0.05) is 30.3 Å². The fraction of sp³-hybridized carbons (Fsp3) is 0. The Labute approximate surface area is 116 Å². The van der Waals surface area contributed by atoms with Crippen LogP contribution in [0.2, 0.25) is 0 Å². The van der Waals surface area contributed by atoms with Gasteiger partial charge in [0.05, 0.1) is 11.2 Å². The third-order valence-corrected chi connectivity index (χ3v) is 3.45. The van der Waals surface area contributed by atoms with E-state index in [4.69, 9.17) is 0 Å². The van der Waals surface area contributed by atoms with Crippen molar-refractivity contribution in [2.75, 3.05) is 0 Å². The average molecular weight is 257 g/mol. The lowest BCUT2D eigenvalue weighted by Gasteiger charge is -2.06. The molecule has 0 spiro atoms. The number of fused-ring (bicyclic) bond motifs is 2. The van der Waals surface area contributed by atoms with Crippen molar-refractivity contribution < 1.29 is 0 Å². The summed E-state index contributed by atoms with van der Waals surface area (Å²) in [5, 5.41) is 3.38. The molecule has 2 aromatic carbocycles. The third-order valence-electron chi connectivity index (χ3n) is 3.45. The highest BCUT2D eigenvalue weighted by atomic mass is 14.8. The van der Waals surface area contributed by atoms with Crippen LogP contribution in [0.4, 0.5) is 0 Å². The zero-order valence-electron chi connectivity index (χ0n) is 10.7. The Kier molecular flexibility index (Phi) is 2.42. The molecule has 2 heterocycles. The summed E-state index contributed by atoms with van der Waals surface area (Å²) in [6.45, 7) is 0. The summed E-state index contributed by atoms with van der Waals surface area (Å²) in [5.41, 5.74) is 3.03. The fourth-order valence-electron chi connectivity index (χ4n) is 2.48. The summed E-state index contributed by atoms with van der Waals surface area (Å²) >= 11 is 0. The van der Waals surface area contributed by atoms with Crippen molar-refractivity contribution in [3.8, 4) is 11.3 Å². The highest BCUT2D eigenvalue weighted by molar-refractivity contribution is 5.96. The molecular weight excluding hydrogens is 246 g/mol. The molecule has 0 aliphatic heterocycles. The zero-order chi connectivity index (χ0) is 13.4. The lowest BCUT2D eigenvalue weighted by atomic mass is 10.0. The Morgan fingerprint density at radius 2 is 1.75 bits per heavy atom. The largest absolute Gasteiger partial charge is 0.256 e. The second-order valence-electron chi connectivity index (χ2n) is 4.68. The molecule has 3 nitrogen and oxygen atoms in total. The number of benzene rings is 2. The van der Waals surface area contributed by atoms with Crippen LogP contribution in [0.1, 0.15) is 0 Å². The summed E-state index contributed by atoms with van der Waals surface area (Å²) in [6.07, 6.45) is 5.25. The van der Waals surface area contributed by atoms with Gasteiger partial charge in [0, 0.05) is 28.7 Å². The first-order valence-electron chi connectivity index (χ1n) is 6.46. The topological polar surface area (TPSA) is 38.7 Å². The first kappa shape index (κ1) is 11.1. The lowest BCUT2D eigenvalue weighted by molar-refractivity contribution is 1.22. The molecule has 0 N–H and O–H groups in total. The minimum Gasteiger partial charge on any atom is -0.256 e. The number of hydrogen-bond acceptors (Lipinski definition) is 3. The van der Waals surface area contributed by atoms with Crippen LogP contribution in [0.15, 0.2) is 67.3 Å². The van der Waals surface area contributed by atoms with Gasteiger partial charge in [-0.3, -0.25) is 4.98 Å². The van der Waals surface area contributed by atoms with Gasteiger partial charge < -0.3 is 0 Å². The lowest BCUT2D eigenvalue weighted by Crippen LogP contribution is -1.87. The van der Waals surface area contributed by atoms with Crippen LogP contribution in [-0.4, -0.2) is 15.0 Å². The van der Waals surface area contributed by atoms with Gasteiger partial charge in [-0.2, -0.15) is 0 Å². The highest BCUT2D eigenvalue weighted by Crippen LogP contribution is 2.28. The van der Waals surface area contributed by atoms with E-state index in [9.17, 15) is 0 Å². The van der Waals surface area contributed by atoms with Crippen LogP contribution < -0.4 is 0 Å². The van der Waals surface area contributed by atoms with E-state index in [1.807, 2.05) is 36.7 Å². The van der Waals surface area contributed by atoms with E-state index in [-0.39, 0.29) is 0 Å². The Hall–Kier alpha value is -2.81. The summed E-state index contributed by atoms with van der Waals surface area (Å²) in [6, 6.07) is 16.5. The van der Waals surface area contributed by atoms with Crippen LogP contribution in [0.25, 0.3) is 32.9 Å². The minimum atomic E-state index is 0.948. The van der Waals surface area contributed by atoms with Gasteiger partial charge in [-0.25, -0.2) is 9.97 Å². The van der Waals surface area contributed by atoms with E-state index in [1.165, 1.54) is 5.39 Å². The van der Waals surface area contributed by atoms with Crippen molar-refractivity contribution in [2.24, 2.45) is 0 Å². The first-order chi connectivity index (χ1) is 9.92. The first-order valence-corrected chi connectivity index (χ1v) is 6.46. The Balaban J connectivity index is 2.01. The number of pyridine rings is 1. The van der Waals surface area contributed by atoms with Gasteiger partial charge in [0.15, 0.2) is 0 Å². The quantitative estimate of drug-likeness (QED) is 0.520. The fourth-order valence-corrected chi connectivity index (χ4v) is 2.48. The number of hydrogen-bond donors (Lipinski definition) is 0. The monoisotopic (exact) mass is 257 g/mol. The van der Waals surface area contributed by atoms with Crippen molar-refractivity contribution >= 4 is 21.7 Å². The van der Waals surface area contributed by atoms with Gasteiger partial charge >= 0.3 is 0 Å². The maximum atomic E-state index is 4.54. The maximum absolute atomic E-state index is 4.54. The number of nitrogens with zero attached hydrogens (tertiary/aromatic N) is 3. The van der Waals surface area contributed by atoms with Crippen LogP contribution in [0, 0.1) is 0 Å². The van der Waals surface area contributed by atoms with Gasteiger partial charge in [0.25, 0.3) is 0 Å². The zero-order valence-corrected chi connectivity index (χ0v) is 10.7. The SMILES string of the molecule is c1ccc2c(-c3ccc4ncncc4c3)nccc2c1. The standard InChI is InChI=1S/C17H11N3/c1-2-4-15-12(3-1)7-8-19-17(15)13-5-6-16-14(9-13)10-18-11-20-16/h1-11H. The van der Waals surface area contributed by atoms with E-state index >= 15 is 0 Å². The molecule has 4 aromatic rings. The average Bonchev–Trinajstić information content (AvgIpc) is 2.54. The summed E-state index contributed by atoms with van der Waals surface area (Å²) in [5.74, 6) is 0. The Bertz CT molecular complexity index is 910. The van der Waals surface area contributed by atoms with Crippen LogP contribution in [0.3, 0.4) is 0 Å². The molecule has 0 saturated heterocycles. The third kappa shape index (κ3) is 1.72. The highest BCUT2D eigenvalue weighted by Gasteiger charge is 2.06. The molecule has 0 saturated carbocycles. The van der Waals surface area contributed by atoms with Crippen molar-refractivity contribution in [3.63, 3.8) is 0 Å². The molecule has 2 aromatic heterocycles. The normalized spacial score (nSPS) is 11.0. The molecule has 4 rings (SSSR count). The summed E-state index contributed by atoms with van der Waals surface area (Å²) in [4.78, 5) is 12.9. The molecule has 0 aliphatic rings. The van der Waals surface area contributed by atoms with Crippen molar-refractivity contribution in [3.05, 3.63) is 67.3 Å². The van der Waals surface area contributed by atoms with Crippen molar-refractivity contribution in [1.29, 1.82) is 0 Å². The molecule has 20 heavy (non-hydrogen) atoms. The smallest absolute Gasteiger partial charge is 0.116 e. The van der Waals surface area contributed by atoms with Gasteiger partial charge in [-0.15, -0.1) is 0 Å². The van der Waals surface area contributed by atoms with Crippen LogP contribution in [-0.2, 0) is 0 Å². The Morgan fingerprint density at radius 1 is 0.800 bits per heavy atom. The van der Waals surface area contributed by atoms with Crippen LogP contribution >= 0.6 is 0 Å². The van der Waals surface area contributed by atoms with E-state index in [1.54, 1.807) is 6.33 Å². The predicted molar refractivity (Wildman–Crippen MR) is 80.3 cm³/mol. The second-order valence-corrected chi connectivity index (χ2v) is 4.68. The molecule has 0 bridgehead atoms. The van der Waals surface area contributed by atoms with Crippen molar-refractivity contribution in [2.45, 2.75) is 0 Å². The van der Waals surface area contributed by atoms with E-state index < -0.39 is 0 Å². The van der Waals surface area contributed by atoms with Crippen LogP contribution in [0.5, 0.6) is 0 Å². The molecule has 0 aliphatic carbocycles. The molecule has 0 unspecified atom stereocenters. The molecule has 0 radical (unpaired) electrons. The second kappa shape index (κ2) is 4.38. The summed E-state index contributed by atoms with van der Waals surface area (Å²) in [7, 11) is 0. The number of aromatic nitrogens is 3. The maximum Gasteiger partial charge on any atom is 0.116 e. The number of rotatable bonds is 1. The summed E-state index contributed by atoms with van der Waals surface area (Å²) < 4.78 is 0. The molecule has 0 fully saturated rings. The molecule has 3 heteroatoms. The van der Waals surface area contributed by atoms with E-state index in [0.717, 1.165) is 27.5 Å². The molecule has 0 amide bonds. The van der Waals surface area contributed by atoms with E-state index in [2.05, 4.69) is 39.2 Å². The predicted octanol–water partition coefficient (Wildman–Crippen LogP) is 3.85. The van der Waals surface area contributed by atoms with Gasteiger partial charge in [0.2, 0.25) is 0 Å². The molecular formula is C17H11N3. The Morgan fingerprint density at radius 3 is 2.75 bits per heavy atom. The molecule has 94 valence electrons. The molecule has 0 atom stereocenters. The van der Waals surface area contributed by atoms with Gasteiger partial charge in [0.1, 0.15) is 6.33 Å². The van der Waals surface area contributed by atoms with Gasteiger partial charge in [-0.05, 0) is 23.6 Å². The van der Waals surface area contributed by atoms with E-state index in [0.29, 0.717) is 0 Å².